The molecule has 0 saturated heterocycles. The van der Waals surface area contributed by atoms with E-state index in [-0.39, 0.29) is 10.8 Å². The third-order valence-corrected chi connectivity index (χ3v) is 1.96. The van der Waals surface area contributed by atoms with Crippen LogP contribution in [0.1, 0.15) is 0 Å². The van der Waals surface area contributed by atoms with E-state index in [1.807, 2.05) is 0 Å². The second-order valence-electron chi connectivity index (χ2n) is 2.96. The van der Waals surface area contributed by atoms with Gasteiger partial charge in [-0.05, 0) is 24.4 Å². The molecule has 0 aliphatic rings. The van der Waals surface area contributed by atoms with Crippen molar-refractivity contribution in [3.05, 3.63) is 41.7 Å². The van der Waals surface area contributed by atoms with Gasteiger partial charge in [0.2, 0.25) is 0 Å². The highest BCUT2D eigenvalue weighted by atomic mass is 32.1. The van der Waals surface area contributed by atoms with Gasteiger partial charge in [-0.25, -0.2) is 8.78 Å². The Balaban J connectivity index is 2.69. The molecule has 0 aliphatic heterocycles. The molecule has 0 aliphatic carbocycles. The van der Waals surface area contributed by atoms with Gasteiger partial charge in [0.15, 0.2) is 10.9 Å². The van der Waals surface area contributed by atoms with Crippen LogP contribution in [0.15, 0.2) is 35.9 Å². The quantitative estimate of drug-likeness (QED) is 0.492. The average Bonchev–Trinajstić information content (AvgIpc) is 2.31. The number of anilines is 1. The smallest absolute Gasteiger partial charge is 0.180 e. The van der Waals surface area contributed by atoms with Gasteiger partial charge in [-0.2, -0.15) is 0 Å². The summed E-state index contributed by atoms with van der Waals surface area (Å²) in [6.45, 7) is 0. The Hall–Kier alpha value is -2.02. The molecule has 0 spiro atoms. The Morgan fingerprint density at radius 2 is 2.06 bits per heavy atom. The van der Waals surface area contributed by atoms with E-state index in [4.69, 9.17) is 23.4 Å². The number of halogens is 2. The van der Waals surface area contributed by atoms with Gasteiger partial charge in [0.05, 0.1) is 11.9 Å². The fraction of sp³-hybridized carbons (Fsp3) is 0. The van der Waals surface area contributed by atoms with Crippen molar-refractivity contribution < 1.29 is 8.78 Å². The monoisotopic (exact) mass is 256 g/mol. The van der Waals surface area contributed by atoms with Crippen LogP contribution in [0.2, 0.25) is 0 Å². The highest BCUT2D eigenvalue weighted by molar-refractivity contribution is 7.80. The standard InChI is InChI=1S/C10H10F2N4S/c11-6-3-1-2-4-8(6)15-10(17)16-9(14)7(12)5-13/h1-5,13H,14H2,(H2,15,16,17)/b9-7-,13-5?. The minimum Gasteiger partial charge on any atom is -0.383 e. The lowest BCUT2D eigenvalue weighted by atomic mass is 10.3. The van der Waals surface area contributed by atoms with E-state index in [0.29, 0.717) is 6.21 Å². The molecule has 0 heterocycles. The van der Waals surface area contributed by atoms with E-state index in [1.54, 1.807) is 6.07 Å². The first-order chi connectivity index (χ1) is 8.04. The fourth-order valence-electron chi connectivity index (χ4n) is 0.976. The Bertz CT molecular complexity index is 473. The molecule has 0 amide bonds. The Kier molecular flexibility index (Phi) is 4.53. The number of hydrogen-bond acceptors (Lipinski definition) is 3. The number of benzene rings is 1. The zero-order chi connectivity index (χ0) is 12.8. The summed E-state index contributed by atoms with van der Waals surface area (Å²) in [5.41, 5.74) is 5.39. The number of allylic oxidation sites excluding steroid dienone is 1. The van der Waals surface area contributed by atoms with Crippen molar-refractivity contribution in [1.82, 2.24) is 5.32 Å². The van der Waals surface area contributed by atoms with Crippen molar-refractivity contribution in [1.29, 1.82) is 5.41 Å². The van der Waals surface area contributed by atoms with Crippen LogP contribution >= 0.6 is 12.2 Å². The maximum Gasteiger partial charge on any atom is 0.180 e. The molecule has 0 radical (unpaired) electrons. The molecule has 17 heavy (non-hydrogen) atoms. The summed E-state index contributed by atoms with van der Waals surface area (Å²) in [7, 11) is 0. The highest BCUT2D eigenvalue weighted by Gasteiger charge is 2.05. The summed E-state index contributed by atoms with van der Waals surface area (Å²) >= 11 is 4.79. The van der Waals surface area contributed by atoms with E-state index in [2.05, 4.69) is 10.6 Å². The summed E-state index contributed by atoms with van der Waals surface area (Å²) in [6, 6.07) is 5.86. The lowest BCUT2D eigenvalue weighted by Crippen LogP contribution is -2.32. The first-order valence-corrected chi connectivity index (χ1v) is 4.93. The van der Waals surface area contributed by atoms with E-state index in [0.717, 1.165) is 0 Å². The number of hydrogen-bond donors (Lipinski definition) is 4. The van der Waals surface area contributed by atoms with E-state index in [1.165, 1.54) is 18.2 Å². The van der Waals surface area contributed by atoms with Crippen molar-refractivity contribution >= 4 is 29.2 Å². The van der Waals surface area contributed by atoms with Gasteiger partial charge in [-0.3, -0.25) is 0 Å². The molecule has 5 N–H and O–H groups in total. The minimum absolute atomic E-state index is 0.0652. The van der Waals surface area contributed by atoms with Crippen LogP contribution in [-0.4, -0.2) is 11.3 Å². The Morgan fingerprint density at radius 1 is 1.41 bits per heavy atom. The van der Waals surface area contributed by atoms with Crippen LogP contribution in [0, 0.1) is 11.2 Å². The van der Waals surface area contributed by atoms with Gasteiger partial charge in [-0.1, -0.05) is 12.1 Å². The van der Waals surface area contributed by atoms with Crippen LogP contribution in [0.4, 0.5) is 14.5 Å². The topological polar surface area (TPSA) is 73.9 Å². The SMILES string of the molecule is N=C/C(F)=C(\N)NC(=S)Nc1ccccc1F. The molecule has 1 aromatic rings. The number of para-hydroxylation sites is 1. The van der Waals surface area contributed by atoms with Crippen LogP contribution in [-0.2, 0) is 0 Å². The molecule has 4 nitrogen and oxygen atoms in total. The molecule has 1 aromatic carbocycles. The zero-order valence-electron chi connectivity index (χ0n) is 8.63. The molecule has 0 saturated carbocycles. The first-order valence-electron chi connectivity index (χ1n) is 4.53. The number of rotatable bonds is 3. The van der Waals surface area contributed by atoms with Crippen molar-refractivity contribution in [2.24, 2.45) is 5.73 Å². The normalized spacial score (nSPS) is 11.4. The second-order valence-corrected chi connectivity index (χ2v) is 3.37. The Labute approximate surface area is 102 Å². The molecular weight excluding hydrogens is 246 g/mol. The number of thiocarbonyl (C=S) groups is 1. The second kappa shape index (κ2) is 5.90. The van der Waals surface area contributed by atoms with Crippen LogP contribution in [0.25, 0.3) is 0 Å². The average molecular weight is 256 g/mol. The molecule has 0 aromatic heterocycles. The van der Waals surface area contributed by atoms with Gasteiger partial charge in [0.1, 0.15) is 11.6 Å². The summed E-state index contributed by atoms with van der Waals surface area (Å²) in [5, 5.41) is 11.4. The first kappa shape index (κ1) is 13.0. The predicted molar refractivity (Wildman–Crippen MR) is 66.9 cm³/mol. The van der Waals surface area contributed by atoms with Crippen LogP contribution in [0.5, 0.6) is 0 Å². The summed E-state index contributed by atoms with van der Waals surface area (Å²) in [4.78, 5) is 0. The summed E-state index contributed by atoms with van der Waals surface area (Å²) in [6.07, 6.45) is 0.439. The largest absolute Gasteiger partial charge is 0.383 e. The van der Waals surface area contributed by atoms with Crippen molar-refractivity contribution in [2.75, 3.05) is 5.32 Å². The third kappa shape index (κ3) is 3.80. The lowest BCUT2D eigenvalue weighted by Gasteiger charge is -2.10. The molecule has 0 atom stereocenters. The highest BCUT2D eigenvalue weighted by Crippen LogP contribution is 2.12. The van der Waals surface area contributed by atoms with Gasteiger partial charge >= 0.3 is 0 Å². The molecule has 90 valence electrons. The predicted octanol–water partition coefficient (Wildman–Crippen LogP) is 1.86. The van der Waals surface area contributed by atoms with Gasteiger partial charge in [0.25, 0.3) is 0 Å². The van der Waals surface area contributed by atoms with Gasteiger partial charge in [0, 0.05) is 0 Å². The van der Waals surface area contributed by atoms with E-state index < -0.39 is 17.5 Å². The number of nitrogens with two attached hydrogens (primary N) is 1. The molecule has 0 unspecified atom stereocenters. The molecule has 0 fully saturated rings. The molecular formula is C10H10F2N4S. The summed E-state index contributed by atoms with van der Waals surface area (Å²) < 4.78 is 26.0. The third-order valence-electron chi connectivity index (χ3n) is 1.75. The fourth-order valence-corrected chi connectivity index (χ4v) is 1.20. The van der Waals surface area contributed by atoms with Crippen LogP contribution in [0.3, 0.4) is 0 Å². The summed E-state index contributed by atoms with van der Waals surface area (Å²) in [5.74, 6) is -1.86. The Morgan fingerprint density at radius 3 is 2.65 bits per heavy atom. The van der Waals surface area contributed by atoms with Crippen LogP contribution < -0.4 is 16.4 Å². The molecule has 7 heteroatoms. The van der Waals surface area contributed by atoms with Crippen molar-refractivity contribution in [3.63, 3.8) is 0 Å². The molecule has 1 rings (SSSR count). The van der Waals surface area contributed by atoms with E-state index in [9.17, 15) is 8.78 Å². The van der Waals surface area contributed by atoms with Gasteiger partial charge < -0.3 is 21.8 Å². The van der Waals surface area contributed by atoms with E-state index >= 15 is 0 Å². The molecule has 0 bridgehead atoms. The number of nitrogens with one attached hydrogen (secondary N) is 3. The van der Waals surface area contributed by atoms with Crippen molar-refractivity contribution in [2.45, 2.75) is 0 Å². The minimum atomic E-state index is -0.956. The maximum absolute atomic E-state index is 13.2. The lowest BCUT2D eigenvalue weighted by molar-refractivity contribution is 0.632. The van der Waals surface area contributed by atoms with Crippen molar-refractivity contribution in [3.8, 4) is 0 Å². The zero-order valence-corrected chi connectivity index (χ0v) is 9.44. The maximum atomic E-state index is 13.2. The van der Waals surface area contributed by atoms with Gasteiger partial charge in [-0.15, -0.1) is 0 Å².